The van der Waals surface area contributed by atoms with Gasteiger partial charge in [-0.3, -0.25) is 0 Å². The van der Waals surface area contributed by atoms with Gasteiger partial charge in [0.25, 0.3) is 0 Å². The monoisotopic (exact) mass is 397 g/mol. The van der Waals surface area contributed by atoms with Gasteiger partial charge in [0.1, 0.15) is 0 Å². The molecule has 0 radical (unpaired) electrons. The molecule has 0 fully saturated rings. The largest absolute Gasteiger partial charge is 0.306 e. The van der Waals surface area contributed by atoms with Crippen LogP contribution in [0.3, 0.4) is 0 Å². The van der Waals surface area contributed by atoms with E-state index in [-0.39, 0.29) is 6.04 Å². The summed E-state index contributed by atoms with van der Waals surface area (Å²) in [6, 6.07) is 7.78. The van der Waals surface area contributed by atoms with E-state index < -0.39 is 0 Å². The summed E-state index contributed by atoms with van der Waals surface area (Å²) in [5.41, 5.74) is 2.04. The molecule has 1 atom stereocenters. The lowest BCUT2D eigenvalue weighted by Gasteiger charge is -2.18. The molecule has 0 aliphatic rings. The number of rotatable bonds is 4. The first kappa shape index (κ1) is 15.6. The Morgan fingerprint density at radius 3 is 2.53 bits per heavy atom. The number of hydrogen-bond donors (Lipinski definition) is 1. The van der Waals surface area contributed by atoms with Gasteiger partial charge in [-0.25, -0.2) is 0 Å². The molecule has 102 valence electrons. The SMILES string of the molecule is CCNC(c1ccc(Br)c(Cl)c1)c1cc(Cl)sc1Cl. The quantitative estimate of drug-likeness (QED) is 0.648. The summed E-state index contributed by atoms with van der Waals surface area (Å²) in [5, 5.41) is 4.08. The van der Waals surface area contributed by atoms with Gasteiger partial charge in [0.2, 0.25) is 0 Å². The van der Waals surface area contributed by atoms with E-state index in [2.05, 4.69) is 28.2 Å². The molecule has 2 aromatic rings. The molecule has 1 nitrogen and oxygen atoms in total. The Hall–Kier alpha value is 0.230. The van der Waals surface area contributed by atoms with Crippen LogP contribution in [0.2, 0.25) is 13.7 Å². The molecule has 0 spiro atoms. The molecule has 1 aromatic heterocycles. The number of halogens is 4. The average Bonchev–Trinajstić information content (AvgIpc) is 2.69. The van der Waals surface area contributed by atoms with Gasteiger partial charge in [0.05, 0.1) is 19.7 Å². The molecule has 0 bridgehead atoms. The van der Waals surface area contributed by atoms with Crippen molar-refractivity contribution in [2.24, 2.45) is 0 Å². The Labute approximate surface area is 140 Å². The van der Waals surface area contributed by atoms with Crippen molar-refractivity contribution in [1.29, 1.82) is 0 Å². The minimum atomic E-state index is -0.00755. The van der Waals surface area contributed by atoms with Gasteiger partial charge in [0, 0.05) is 10.0 Å². The number of hydrogen-bond acceptors (Lipinski definition) is 2. The van der Waals surface area contributed by atoms with Crippen LogP contribution in [0, 0.1) is 0 Å². The second kappa shape index (κ2) is 6.79. The van der Waals surface area contributed by atoms with Crippen molar-refractivity contribution >= 4 is 62.1 Å². The van der Waals surface area contributed by atoms with Crippen LogP contribution in [0.25, 0.3) is 0 Å². The predicted octanol–water partition coefficient (Wildman–Crippen LogP) is 6.17. The highest BCUT2D eigenvalue weighted by Gasteiger charge is 2.19. The van der Waals surface area contributed by atoms with Crippen molar-refractivity contribution < 1.29 is 0 Å². The minimum Gasteiger partial charge on any atom is -0.306 e. The second-order valence-corrected chi connectivity index (χ2v) is 7.49. The lowest BCUT2D eigenvalue weighted by Crippen LogP contribution is -2.21. The van der Waals surface area contributed by atoms with Crippen molar-refractivity contribution in [2.45, 2.75) is 13.0 Å². The summed E-state index contributed by atoms with van der Waals surface area (Å²) < 4.78 is 2.27. The Morgan fingerprint density at radius 1 is 1.26 bits per heavy atom. The van der Waals surface area contributed by atoms with Crippen LogP contribution in [-0.2, 0) is 0 Å². The van der Waals surface area contributed by atoms with Crippen LogP contribution in [0.4, 0.5) is 0 Å². The number of benzene rings is 1. The molecule has 2 rings (SSSR count). The molecule has 0 saturated heterocycles. The first-order valence-electron chi connectivity index (χ1n) is 5.66. The summed E-state index contributed by atoms with van der Waals surface area (Å²) in [6.45, 7) is 2.87. The van der Waals surface area contributed by atoms with E-state index in [0.717, 1.165) is 22.1 Å². The van der Waals surface area contributed by atoms with E-state index in [1.54, 1.807) is 0 Å². The Balaban J connectivity index is 2.44. The zero-order valence-corrected chi connectivity index (χ0v) is 14.7. The van der Waals surface area contributed by atoms with Crippen molar-refractivity contribution in [3.05, 3.63) is 53.6 Å². The lowest BCUT2D eigenvalue weighted by atomic mass is 10.0. The van der Waals surface area contributed by atoms with Crippen molar-refractivity contribution in [3.63, 3.8) is 0 Å². The smallest absolute Gasteiger partial charge is 0.0995 e. The van der Waals surface area contributed by atoms with E-state index in [1.807, 2.05) is 24.3 Å². The van der Waals surface area contributed by atoms with Crippen molar-refractivity contribution in [2.75, 3.05) is 6.54 Å². The highest BCUT2D eigenvalue weighted by Crippen LogP contribution is 2.38. The van der Waals surface area contributed by atoms with E-state index in [1.165, 1.54) is 11.3 Å². The van der Waals surface area contributed by atoms with Crippen LogP contribution >= 0.6 is 62.1 Å². The Morgan fingerprint density at radius 2 is 2.00 bits per heavy atom. The molecule has 1 N–H and O–H groups in total. The Bertz CT molecular complexity index is 585. The van der Waals surface area contributed by atoms with E-state index in [0.29, 0.717) is 13.7 Å². The highest BCUT2D eigenvalue weighted by atomic mass is 79.9. The van der Waals surface area contributed by atoms with Gasteiger partial charge < -0.3 is 5.32 Å². The van der Waals surface area contributed by atoms with Crippen LogP contribution in [0.15, 0.2) is 28.7 Å². The average molecular weight is 400 g/mol. The van der Waals surface area contributed by atoms with Crippen molar-refractivity contribution in [1.82, 2.24) is 5.32 Å². The molecule has 1 heterocycles. The van der Waals surface area contributed by atoms with Gasteiger partial charge in [-0.15, -0.1) is 11.3 Å². The van der Waals surface area contributed by atoms with Crippen LogP contribution in [0.1, 0.15) is 24.1 Å². The summed E-state index contributed by atoms with van der Waals surface area (Å²) >= 11 is 23.2. The molecule has 1 aromatic carbocycles. The highest BCUT2D eigenvalue weighted by molar-refractivity contribution is 9.10. The van der Waals surface area contributed by atoms with Crippen LogP contribution in [0.5, 0.6) is 0 Å². The standard InChI is InChI=1S/C13H11BrCl3NS/c1-2-18-12(8-6-11(16)19-13(8)17)7-3-4-9(14)10(15)5-7/h3-6,12,18H,2H2,1H3. The maximum absolute atomic E-state index is 6.25. The number of nitrogens with one attached hydrogen (secondary N) is 1. The molecule has 0 saturated carbocycles. The molecule has 1 unspecified atom stereocenters. The van der Waals surface area contributed by atoms with Gasteiger partial charge in [0.15, 0.2) is 0 Å². The fourth-order valence-corrected chi connectivity index (χ4v) is 3.82. The summed E-state index contributed by atoms with van der Waals surface area (Å²) in [4.78, 5) is 0. The normalized spacial score (nSPS) is 12.7. The van der Waals surface area contributed by atoms with Crippen LogP contribution < -0.4 is 5.32 Å². The molecule has 6 heteroatoms. The third kappa shape index (κ3) is 3.66. The van der Waals surface area contributed by atoms with Gasteiger partial charge >= 0.3 is 0 Å². The van der Waals surface area contributed by atoms with E-state index in [9.17, 15) is 0 Å². The zero-order valence-electron chi connectivity index (χ0n) is 10.0. The van der Waals surface area contributed by atoms with Gasteiger partial charge in [-0.1, -0.05) is 47.8 Å². The first-order valence-corrected chi connectivity index (χ1v) is 8.40. The fourth-order valence-electron chi connectivity index (χ4n) is 1.85. The molecular formula is C13H11BrCl3NS. The van der Waals surface area contributed by atoms with Crippen LogP contribution in [-0.4, -0.2) is 6.54 Å². The molecule has 0 aliphatic carbocycles. The van der Waals surface area contributed by atoms with E-state index >= 15 is 0 Å². The second-order valence-electron chi connectivity index (χ2n) is 3.94. The van der Waals surface area contributed by atoms with Gasteiger partial charge in [-0.2, -0.15) is 0 Å². The lowest BCUT2D eigenvalue weighted by molar-refractivity contribution is 0.632. The molecule has 0 aliphatic heterocycles. The molecule has 19 heavy (non-hydrogen) atoms. The summed E-state index contributed by atoms with van der Waals surface area (Å²) in [6.07, 6.45) is 0. The zero-order chi connectivity index (χ0) is 14.0. The van der Waals surface area contributed by atoms with E-state index in [4.69, 9.17) is 34.8 Å². The number of thiophene rings is 1. The van der Waals surface area contributed by atoms with Crippen molar-refractivity contribution in [3.8, 4) is 0 Å². The topological polar surface area (TPSA) is 12.0 Å². The predicted molar refractivity (Wildman–Crippen MR) is 89.0 cm³/mol. The molecule has 0 amide bonds. The fraction of sp³-hybridized carbons (Fsp3) is 0.231. The van der Waals surface area contributed by atoms with Gasteiger partial charge in [-0.05, 0) is 46.2 Å². The first-order chi connectivity index (χ1) is 9.02. The maximum Gasteiger partial charge on any atom is 0.0995 e. The summed E-state index contributed by atoms with van der Waals surface area (Å²) in [5.74, 6) is 0. The molecular weight excluding hydrogens is 388 g/mol. The third-order valence-corrected chi connectivity index (χ3v) is 5.43. The minimum absolute atomic E-state index is 0.00755. The maximum atomic E-state index is 6.25. The third-order valence-electron chi connectivity index (χ3n) is 2.68. The summed E-state index contributed by atoms with van der Waals surface area (Å²) in [7, 11) is 0. The Kier molecular flexibility index (Phi) is 5.58.